The number of nitrogens with two attached hydrogens (primary N) is 1. The van der Waals surface area contributed by atoms with Gasteiger partial charge in [0.05, 0.1) is 12.7 Å². The number of rotatable bonds is 1. The molecular weight excluding hydrogens is 210 g/mol. The fourth-order valence-electron chi connectivity index (χ4n) is 1.46. The van der Waals surface area contributed by atoms with E-state index in [2.05, 4.69) is 4.74 Å². The van der Waals surface area contributed by atoms with Gasteiger partial charge in [0, 0.05) is 23.2 Å². The monoisotopic (exact) mass is 219 g/mol. The van der Waals surface area contributed by atoms with Crippen LogP contribution in [0.5, 0.6) is 0 Å². The molecular formula is C11H9NO4. The van der Waals surface area contributed by atoms with Gasteiger partial charge in [0.15, 0.2) is 0 Å². The molecule has 0 amide bonds. The van der Waals surface area contributed by atoms with Crippen molar-refractivity contribution in [2.75, 3.05) is 12.8 Å². The highest BCUT2D eigenvalue weighted by Crippen LogP contribution is 2.20. The van der Waals surface area contributed by atoms with Crippen molar-refractivity contribution < 1.29 is 13.9 Å². The molecule has 0 saturated carbocycles. The Labute approximate surface area is 90.4 Å². The first kappa shape index (κ1) is 10.2. The van der Waals surface area contributed by atoms with E-state index in [4.69, 9.17) is 10.2 Å². The molecule has 82 valence electrons. The van der Waals surface area contributed by atoms with Gasteiger partial charge in [-0.25, -0.2) is 9.59 Å². The van der Waals surface area contributed by atoms with Gasteiger partial charge in [-0.2, -0.15) is 0 Å². The van der Waals surface area contributed by atoms with Crippen LogP contribution in [0.1, 0.15) is 10.4 Å². The zero-order valence-corrected chi connectivity index (χ0v) is 8.52. The van der Waals surface area contributed by atoms with E-state index in [0.29, 0.717) is 11.1 Å². The van der Waals surface area contributed by atoms with Crippen LogP contribution in [0.4, 0.5) is 5.69 Å². The first-order chi connectivity index (χ1) is 7.61. The van der Waals surface area contributed by atoms with Gasteiger partial charge in [0.25, 0.3) is 0 Å². The fraction of sp³-hybridized carbons (Fsp3) is 0.0909. The topological polar surface area (TPSA) is 82.5 Å². The Morgan fingerprint density at radius 2 is 2.12 bits per heavy atom. The molecule has 0 aliphatic rings. The molecule has 0 radical (unpaired) electrons. The molecule has 0 saturated heterocycles. The highest BCUT2D eigenvalue weighted by atomic mass is 16.5. The number of nitrogen functional groups attached to an aromatic ring is 1. The standard InChI is InChI=1S/C11H9NO4/c1-15-11(14)8-5-10(13)16-9-4-6(12)2-3-7(8)9/h2-5H,12H2,1H3. The number of fused-ring (bicyclic) bond motifs is 1. The minimum Gasteiger partial charge on any atom is -0.465 e. The van der Waals surface area contributed by atoms with Gasteiger partial charge in [-0.05, 0) is 12.1 Å². The molecule has 2 rings (SSSR count). The average Bonchev–Trinajstić information content (AvgIpc) is 2.26. The normalized spacial score (nSPS) is 10.3. The first-order valence-corrected chi connectivity index (χ1v) is 4.53. The number of anilines is 1. The smallest absolute Gasteiger partial charge is 0.338 e. The summed E-state index contributed by atoms with van der Waals surface area (Å²) < 4.78 is 9.51. The van der Waals surface area contributed by atoms with Gasteiger partial charge >= 0.3 is 11.6 Å². The summed E-state index contributed by atoms with van der Waals surface area (Å²) in [6, 6.07) is 5.82. The van der Waals surface area contributed by atoms with Gasteiger partial charge in [-0.15, -0.1) is 0 Å². The van der Waals surface area contributed by atoms with Gasteiger partial charge in [-0.3, -0.25) is 0 Å². The molecule has 2 N–H and O–H groups in total. The molecule has 1 heterocycles. The lowest BCUT2D eigenvalue weighted by Gasteiger charge is -2.03. The third-order valence-electron chi connectivity index (χ3n) is 2.17. The first-order valence-electron chi connectivity index (χ1n) is 4.53. The number of benzene rings is 1. The SMILES string of the molecule is COC(=O)c1cc(=O)oc2cc(N)ccc12. The number of carbonyl (C=O) groups excluding carboxylic acids is 1. The van der Waals surface area contributed by atoms with E-state index in [1.807, 2.05) is 0 Å². The number of esters is 1. The van der Waals surface area contributed by atoms with E-state index in [9.17, 15) is 9.59 Å². The average molecular weight is 219 g/mol. The Bertz CT molecular complexity index is 615. The van der Waals surface area contributed by atoms with Crippen LogP contribution in [0.2, 0.25) is 0 Å². The van der Waals surface area contributed by atoms with E-state index >= 15 is 0 Å². The van der Waals surface area contributed by atoms with Crippen LogP contribution >= 0.6 is 0 Å². The molecule has 0 spiro atoms. The van der Waals surface area contributed by atoms with Crippen molar-refractivity contribution in [3.8, 4) is 0 Å². The van der Waals surface area contributed by atoms with Crippen molar-refractivity contribution >= 4 is 22.6 Å². The third kappa shape index (κ3) is 1.63. The van der Waals surface area contributed by atoms with Crippen molar-refractivity contribution in [1.29, 1.82) is 0 Å². The minimum atomic E-state index is -0.612. The summed E-state index contributed by atoms with van der Waals surface area (Å²) in [6.07, 6.45) is 0. The van der Waals surface area contributed by atoms with E-state index in [-0.39, 0.29) is 11.1 Å². The molecule has 0 atom stereocenters. The predicted molar refractivity (Wildman–Crippen MR) is 58.2 cm³/mol. The Morgan fingerprint density at radius 1 is 1.38 bits per heavy atom. The van der Waals surface area contributed by atoms with Crippen molar-refractivity contribution in [2.45, 2.75) is 0 Å². The molecule has 0 bridgehead atoms. The van der Waals surface area contributed by atoms with Crippen LogP contribution in [0, 0.1) is 0 Å². The Hall–Kier alpha value is -2.30. The molecule has 0 aliphatic carbocycles. The Morgan fingerprint density at radius 3 is 2.81 bits per heavy atom. The summed E-state index contributed by atoms with van der Waals surface area (Å²) >= 11 is 0. The van der Waals surface area contributed by atoms with Crippen molar-refractivity contribution in [3.05, 3.63) is 40.2 Å². The fourth-order valence-corrected chi connectivity index (χ4v) is 1.46. The lowest BCUT2D eigenvalue weighted by atomic mass is 10.1. The van der Waals surface area contributed by atoms with Gasteiger partial charge in [-0.1, -0.05) is 0 Å². The van der Waals surface area contributed by atoms with Gasteiger partial charge in [0.1, 0.15) is 5.58 Å². The predicted octanol–water partition coefficient (Wildman–Crippen LogP) is 1.16. The molecule has 16 heavy (non-hydrogen) atoms. The maximum atomic E-state index is 11.4. The van der Waals surface area contributed by atoms with E-state index < -0.39 is 11.6 Å². The van der Waals surface area contributed by atoms with Crippen molar-refractivity contribution in [3.63, 3.8) is 0 Å². The van der Waals surface area contributed by atoms with Crippen LogP contribution in [-0.4, -0.2) is 13.1 Å². The summed E-state index contributed by atoms with van der Waals surface area (Å²) in [5, 5.41) is 0.501. The number of carbonyl (C=O) groups is 1. The lowest BCUT2D eigenvalue weighted by Crippen LogP contribution is -2.08. The summed E-state index contributed by atoms with van der Waals surface area (Å²) in [4.78, 5) is 22.7. The van der Waals surface area contributed by atoms with Crippen LogP contribution < -0.4 is 11.4 Å². The minimum absolute atomic E-state index is 0.175. The number of methoxy groups -OCH3 is 1. The Balaban J connectivity index is 2.83. The lowest BCUT2D eigenvalue weighted by molar-refractivity contribution is 0.0602. The second-order valence-corrected chi connectivity index (χ2v) is 3.23. The highest BCUT2D eigenvalue weighted by Gasteiger charge is 2.13. The molecule has 2 aromatic rings. The molecule has 1 aromatic heterocycles. The highest BCUT2D eigenvalue weighted by molar-refractivity contribution is 6.03. The van der Waals surface area contributed by atoms with Crippen molar-refractivity contribution in [2.24, 2.45) is 0 Å². The Kier molecular flexibility index (Phi) is 2.36. The maximum absolute atomic E-state index is 11.4. The largest absolute Gasteiger partial charge is 0.465 e. The van der Waals surface area contributed by atoms with E-state index in [1.54, 1.807) is 12.1 Å². The van der Waals surface area contributed by atoms with E-state index in [1.165, 1.54) is 13.2 Å². The van der Waals surface area contributed by atoms with Crippen LogP contribution in [0.15, 0.2) is 33.5 Å². The summed E-state index contributed by atoms with van der Waals surface area (Å²) in [6.45, 7) is 0. The zero-order valence-electron chi connectivity index (χ0n) is 8.52. The summed E-state index contributed by atoms with van der Waals surface area (Å²) in [5.41, 5.74) is 5.84. The van der Waals surface area contributed by atoms with E-state index in [0.717, 1.165) is 6.07 Å². The van der Waals surface area contributed by atoms with Crippen LogP contribution in [-0.2, 0) is 4.74 Å². The number of hydrogen-bond donors (Lipinski definition) is 1. The van der Waals surface area contributed by atoms with Gasteiger partial charge < -0.3 is 14.9 Å². The van der Waals surface area contributed by atoms with Crippen LogP contribution in [0.25, 0.3) is 11.0 Å². The molecule has 5 nitrogen and oxygen atoms in total. The molecule has 5 heteroatoms. The summed E-state index contributed by atoms with van der Waals surface area (Å²) in [5.74, 6) is -0.581. The number of ether oxygens (including phenoxy) is 1. The van der Waals surface area contributed by atoms with Crippen molar-refractivity contribution in [1.82, 2.24) is 0 Å². The second-order valence-electron chi connectivity index (χ2n) is 3.23. The quantitative estimate of drug-likeness (QED) is 0.442. The summed E-state index contributed by atoms with van der Waals surface area (Å²) in [7, 11) is 1.25. The molecule has 0 unspecified atom stereocenters. The maximum Gasteiger partial charge on any atom is 0.338 e. The molecule has 0 aliphatic heterocycles. The van der Waals surface area contributed by atoms with Crippen LogP contribution in [0.3, 0.4) is 0 Å². The molecule has 0 fully saturated rings. The molecule has 1 aromatic carbocycles. The van der Waals surface area contributed by atoms with Gasteiger partial charge in [0.2, 0.25) is 0 Å². The second kappa shape index (κ2) is 3.69. The zero-order chi connectivity index (χ0) is 11.7. The third-order valence-corrected chi connectivity index (χ3v) is 2.17. The number of hydrogen-bond acceptors (Lipinski definition) is 5.